The van der Waals surface area contributed by atoms with Crippen LogP contribution in [0.5, 0.6) is 5.75 Å². The molecule has 2 nitrogen and oxygen atoms in total. The Morgan fingerprint density at radius 2 is 2.12 bits per heavy atom. The second-order valence-electron chi connectivity index (χ2n) is 4.04. The number of unbranched alkanes of at least 4 members (excludes halogenated alkanes) is 1. The van der Waals surface area contributed by atoms with Gasteiger partial charge in [0, 0.05) is 0 Å². The summed E-state index contributed by atoms with van der Waals surface area (Å²) in [4.78, 5) is 0. The van der Waals surface area contributed by atoms with Gasteiger partial charge in [-0.2, -0.15) is 0 Å². The van der Waals surface area contributed by atoms with E-state index < -0.39 is 6.92 Å². The quantitative estimate of drug-likeness (QED) is 0.666. The Balaban J connectivity index is 2.95. The summed E-state index contributed by atoms with van der Waals surface area (Å²) in [6, 6.07) is 3.98. The van der Waals surface area contributed by atoms with Gasteiger partial charge in [-0.25, -0.2) is 0 Å². The molecule has 0 heterocycles. The van der Waals surface area contributed by atoms with E-state index in [2.05, 4.69) is 22.9 Å². The molecule has 88 valence electrons. The van der Waals surface area contributed by atoms with Crippen molar-refractivity contribution in [1.82, 2.24) is 0 Å². The molecular weight excluding hydrogens is 267 g/mol. The summed E-state index contributed by atoms with van der Waals surface area (Å²) in [6.07, 6.45) is 2.13. The van der Waals surface area contributed by atoms with Gasteiger partial charge in [0.1, 0.15) is 5.75 Å². The first-order valence-electron chi connectivity index (χ1n) is 5.67. The van der Waals surface area contributed by atoms with Crippen LogP contribution in [0.1, 0.15) is 25.3 Å². The maximum atomic E-state index is 9.71. The molecule has 0 saturated carbocycles. The van der Waals surface area contributed by atoms with Gasteiger partial charge in [0.05, 0.1) is 11.1 Å². The van der Waals surface area contributed by atoms with Crippen molar-refractivity contribution >= 4 is 28.3 Å². The van der Waals surface area contributed by atoms with E-state index in [4.69, 9.17) is 4.74 Å². The van der Waals surface area contributed by atoms with Crippen LogP contribution in [0.3, 0.4) is 0 Å². The SMILES string of the molecule is CCCCOc1c(Br)cc(C)cc1B(C)O. The number of hydrogen-bond acceptors (Lipinski definition) is 2. The third kappa shape index (κ3) is 3.53. The summed E-state index contributed by atoms with van der Waals surface area (Å²) in [5, 5.41) is 9.71. The molecule has 0 fully saturated rings. The van der Waals surface area contributed by atoms with E-state index in [1.54, 1.807) is 6.82 Å². The van der Waals surface area contributed by atoms with Crippen molar-refractivity contribution in [2.75, 3.05) is 6.61 Å². The maximum Gasteiger partial charge on any atom is 0.324 e. The van der Waals surface area contributed by atoms with E-state index in [0.717, 1.165) is 34.1 Å². The fourth-order valence-corrected chi connectivity index (χ4v) is 2.24. The van der Waals surface area contributed by atoms with Crippen molar-refractivity contribution < 1.29 is 9.76 Å². The van der Waals surface area contributed by atoms with Gasteiger partial charge in [-0.05, 0) is 40.8 Å². The van der Waals surface area contributed by atoms with Crippen LogP contribution in [0, 0.1) is 6.92 Å². The number of benzene rings is 1. The Morgan fingerprint density at radius 3 is 2.69 bits per heavy atom. The Hall–Kier alpha value is -0.475. The zero-order valence-corrected chi connectivity index (χ0v) is 11.7. The zero-order chi connectivity index (χ0) is 12.1. The van der Waals surface area contributed by atoms with Gasteiger partial charge in [-0.1, -0.05) is 31.8 Å². The molecule has 4 heteroatoms. The molecule has 0 atom stereocenters. The average molecular weight is 285 g/mol. The zero-order valence-electron chi connectivity index (χ0n) is 10.1. The van der Waals surface area contributed by atoms with Gasteiger partial charge in [0.2, 0.25) is 0 Å². The molecule has 0 aliphatic rings. The van der Waals surface area contributed by atoms with Crippen LogP contribution < -0.4 is 10.2 Å². The molecule has 0 unspecified atom stereocenters. The Kier molecular flexibility index (Phi) is 5.36. The number of rotatable bonds is 5. The van der Waals surface area contributed by atoms with Crippen LogP contribution in [-0.2, 0) is 0 Å². The van der Waals surface area contributed by atoms with E-state index >= 15 is 0 Å². The largest absolute Gasteiger partial charge is 0.493 e. The summed E-state index contributed by atoms with van der Waals surface area (Å²) in [5.41, 5.74) is 1.97. The van der Waals surface area contributed by atoms with Crippen LogP contribution in [0.15, 0.2) is 16.6 Å². The monoisotopic (exact) mass is 284 g/mol. The summed E-state index contributed by atoms with van der Waals surface area (Å²) in [6.45, 7) is 6.08. The number of aryl methyl sites for hydroxylation is 1. The van der Waals surface area contributed by atoms with Crippen molar-refractivity contribution in [3.63, 3.8) is 0 Å². The van der Waals surface area contributed by atoms with Gasteiger partial charge in [-0.15, -0.1) is 0 Å². The normalized spacial score (nSPS) is 10.3. The number of hydrogen-bond donors (Lipinski definition) is 1. The highest BCUT2D eigenvalue weighted by Crippen LogP contribution is 2.24. The van der Waals surface area contributed by atoms with Crippen molar-refractivity contribution in [2.24, 2.45) is 0 Å². The van der Waals surface area contributed by atoms with Crippen molar-refractivity contribution in [2.45, 2.75) is 33.5 Å². The molecule has 0 saturated heterocycles. The maximum absolute atomic E-state index is 9.71. The van der Waals surface area contributed by atoms with Crippen molar-refractivity contribution in [1.29, 1.82) is 0 Å². The standard InChI is InChI=1S/C12H18BBrO2/c1-4-5-6-16-12-10(13(3)15)7-9(2)8-11(12)14/h7-8,15H,4-6H2,1-3H3. The molecule has 0 aliphatic carbocycles. The highest BCUT2D eigenvalue weighted by Gasteiger charge is 2.16. The highest BCUT2D eigenvalue weighted by atomic mass is 79.9. The Bertz CT molecular complexity index is 353. The lowest BCUT2D eigenvalue weighted by Gasteiger charge is -2.14. The van der Waals surface area contributed by atoms with Gasteiger partial charge in [-0.3, -0.25) is 0 Å². The third-order valence-electron chi connectivity index (χ3n) is 2.41. The molecule has 1 rings (SSSR count). The summed E-state index contributed by atoms with van der Waals surface area (Å²) in [7, 11) is 0. The minimum absolute atomic E-state index is 0.507. The van der Waals surface area contributed by atoms with Gasteiger partial charge in [0.15, 0.2) is 0 Å². The summed E-state index contributed by atoms with van der Waals surface area (Å²) >= 11 is 3.48. The molecular formula is C12H18BBrO2. The van der Waals surface area contributed by atoms with E-state index in [0.29, 0.717) is 6.61 Å². The van der Waals surface area contributed by atoms with E-state index in [1.165, 1.54) is 0 Å². The van der Waals surface area contributed by atoms with E-state index in [1.807, 2.05) is 19.1 Å². The molecule has 0 aromatic heterocycles. The van der Waals surface area contributed by atoms with Crippen LogP contribution in [0.25, 0.3) is 0 Å². The van der Waals surface area contributed by atoms with Gasteiger partial charge >= 0.3 is 6.92 Å². The predicted octanol–water partition coefficient (Wildman–Crippen LogP) is 2.76. The van der Waals surface area contributed by atoms with E-state index in [-0.39, 0.29) is 0 Å². The number of halogens is 1. The molecule has 0 amide bonds. The second-order valence-corrected chi connectivity index (χ2v) is 4.90. The molecule has 1 aromatic rings. The first-order valence-corrected chi connectivity index (χ1v) is 6.46. The predicted molar refractivity (Wildman–Crippen MR) is 72.8 cm³/mol. The summed E-state index contributed by atoms with van der Waals surface area (Å²) in [5.74, 6) is 0.772. The lowest BCUT2D eigenvalue weighted by atomic mass is 9.63. The smallest absolute Gasteiger partial charge is 0.324 e. The average Bonchev–Trinajstić information content (AvgIpc) is 2.20. The molecule has 0 radical (unpaired) electrons. The molecule has 16 heavy (non-hydrogen) atoms. The minimum Gasteiger partial charge on any atom is -0.493 e. The van der Waals surface area contributed by atoms with Crippen LogP contribution in [0.4, 0.5) is 0 Å². The van der Waals surface area contributed by atoms with Crippen molar-refractivity contribution in [3.8, 4) is 5.75 Å². The lowest BCUT2D eigenvalue weighted by Crippen LogP contribution is -2.29. The molecule has 0 bridgehead atoms. The topological polar surface area (TPSA) is 29.5 Å². The first kappa shape index (κ1) is 13.6. The lowest BCUT2D eigenvalue weighted by molar-refractivity contribution is 0.309. The molecule has 1 aromatic carbocycles. The first-order chi connectivity index (χ1) is 7.56. The van der Waals surface area contributed by atoms with Gasteiger partial charge < -0.3 is 9.76 Å². The molecule has 0 aliphatic heterocycles. The van der Waals surface area contributed by atoms with Crippen LogP contribution in [-0.4, -0.2) is 18.5 Å². The van der Waals surface area contributed by atoms with E-state index in [9.17, 15) is 5.02 Å². The highest BCUT2D eigenvalue weighted by molar-refractivity contribution is 9.10. The fourth-order valence-electron chi connectivity index (χ4n) is 1.54. The number of ether oxygens (including phenoxy) is 1. The second kappa shape index (κ2) is 6.31. The molecule has 1 N–H and O–H groups in total. The summed E-state index contributed by atoms with van der Waals surface area (Å²) < 4.78 is 6.63. The Morgan fingerprint density at radius 1 is 1.44 bits per heavy atom. The van der Waals surface area contributed by atoms with Crippen LogP contribution in [0.2, 0.25) is 6.82 Å². The Labute approximate surface area is 106 Å². The minimum atomic E-state index is -0.507. The molecule has 0 spiro atoms. The van der Waals surface area contributed by atoms with Crippen LogP contribution >= 0.6 is 15.9 Å². The fraction of sp³-hybridized carbons (Fsp3) is 0.500. The third-order valence-corrected chi connectivity index (χ3v) is 3.00. The van der Waals surface area contributed by atoms with Gasteiger partial charge in [0.25, 0.3) is 0 Å². The van der Waals surface area contributed by atoms with Crippen molar-refractivity contribution in [3.05, 3.63) is 22.2 Å².